The summed E-state index contributed by atoms with van der Waals surface area (Å²) in [4.78, 5) is 47.3. The highest BCUT2D eigenvalue weighted by Gasteiger charge is 2.37. The summed E-state index contributed by atoms with van der Waals surface area (Å²) in [5.74, 6) is -4.71. The molecule has 0 spiro atoms. The number of hydrogen-bond donors (Lipinski definition) is 4. The van der Waals surface area contributed by atoms with Gasteiger partial charge < -0.3 is 35.3 Å². The first-order chi connectivity index (χ1) is 27.0. The Morgan fingerprint density at radius 1 is 0.789 bits per heavy atom. The minimum absolute atomic E-state index is 0.0245. The Kier molecular flexibility index (Phi) is 16.0. The summed E-state index contributed by atoms with van der Waals surface area (Å²) in [7, 11) is 4.27. The minimum atomic E-state index is -2.64. The molecule has 57 heavy (non-hydrogen) atoms. The summed E-state index contributed by atoms with van der Waals surface area (Å²) in [6.45, 7) is 5.38. The van der Waals surface area contributed by atoms with Gasteiger partial charge in [0.2, 0.25) is 23.3 Å². The second kappa shape index (κ2) is 20.2. The lowest BCUT2D eigenvalue weighted by Crippen LogP contribution is -2.32. The lowest BCUT2D eigenvalue weighted by Gasteiger charge is -2.29. The van der Waals surface area contributed by atoms with E-state index in [1.165, 1.54) is 43.9 Å². The summed E-state index contributed by atoms with van der Waals surface area (Å²) in [5.41, 5.74) is 1.67. The lowest BCUT2D eigenvalue weighted by molar-refractivity contribution is -0.134. The second-order valence-corrected chi connectivity index (χ2v) is 15.0. The number of ether oxygens (including phenoxy) is 3. The molecule has 1 amide bonds. The number of esters is 1. The Balaban J connectivity index is 0.000000228. The molecule has 0 saturated heterocycles. The highest BCUT2D eigenvalue weighted by atomic mass is 35.5. The van der Waals surface area contributed by atoms with Crippen LogP contribution in [0, 0.1) is 13.8 Å². The monoisotopic (exact) mass is 861 g/mol. The van der Waals surface area contributed by atoms with Crippen LogP contribution in [0.3, 0.4) is 0 Å². The molecule has 0 unspecified atom stereocenters. The third kappa shape index (κ3) is 13.2. The van der Waals surface area contributed by atoms with Crippen LogP contribution in [-0.2, 0) is 4.79 Å². The van der Waals surface area contributed by atoms with Crippen molar-refractivity contribution in [2.45, 2.75) is 102 Å². The van der Waals surface area contributed by atoms with Crippen molar-refractivity contribution in [1.82, 2.24) is 35.2 Å². The summed E-state index contributed by atoms with van der Waals surface area (Å²) in [5, 5.41) is 23.0. The van der Waals surface area contributed by atoms with Gasteiger partial charge in [0.25, 0.3) is 11.8 Å². The van der Waals surface area contributed by atoms with Gasteiger partial charge in [-0.15, -0.1) is 22.7 Å². The van der Waals surface area contributed by atoms with Gasteiger partial charge in [-0.3, -0.25) is 9.59 Å². The first-order valence-electron chi connectivity index (χ1n) is 17.8. The van der Waals surface area contributed by atoms with Crippen molar-refractivity contribution < 1.29 is 46.5 Å². The van der Waals surface area contributed by atoms with Crippen LogP contribution in [0.2, 0.25) is 0 Å². The Morgan fingerprint density at radius 3 is 1.60 bits per heavy atom. The molecule has 0 aromatic carbocycles. The van der Waals surface area contributed by atoms with Crippen LogP contribution < -0.4 is 30.2 Å². The zero-order chi connectivity index (χ0) is 41.9. The number of nitrogens with zero attached hydrogens (tertiary/aromatic N) is 6. The number of halogens is 5. The Labute approximate surface area is 339 Å². The molecule has 22 heteroatoms. The largest absolute Gasteiger partial charge is 0.501 e. The average molecular weight is 862 g/mol. The van der Waals surface area contributed by atoms with Gasteiger partial charge in [0.15, 0.2) is 33.3 Å². The van der Waals surface area contributed by atoms with Crippen LogP contribution >= 0.6 is 34.3 Å². The molecule has 312 valence electrons. The number of aryl methyl sites for hydroxylation is 2. The maximum atomic E-state index is 13.5. The van der Waals surface area contributed by atoms with E-state index in [-0.39, 0.29) is 91.9 Å². The molecule has 4 aromatic rings. The molecule has 0 bridgehead atoms. The third-order valence-electron chi connectivity index (χ3n) is 8.51. The lowest BCUT2D eigenvalue weighted by atomic mass is 9.92. The molecule has 4 aromatic heterocycles. The van der Waals surface area contributed by atoms with E-state index in [0.717, 1.165) is 11.4 Å². The van der Waals surface area contributed by atoms with E-state index in [9.17, 15) is 32.3 Å². The van der Waals surface area contributed by atoms with Gasteiger partial charge in [-0.2, -0.15) is 9.97 Å². The maximum absolute atomic E-state index is 13.5. The molecule has 15 nitrogen and oxygen atoms in total. The number of aromatic nitrogens is 6. The van der Waals surface area contributed by atoms with E-state index in [0.29, 0.717) is 34.5 Å². The molecule has 2 fully saturated rings. The molecular weight excluding hydrogens is 818 g/mol. The number of amides is 1. The molecule has 2 saturated carbocycles. The summed E-state index contributed by atoms with van der Waals surface area (Å²) >= 11 is 7.47. The van der Waals surface area contributed by atoms with Crippen molar-refractivity contribution >= 4 is 57.2 Å². The van der Waals surface area contributed by atoms with Gasteiger partial charge in [-0.1, -0.05) is 6.92 Å². The number of hydrogen-bond acceptors (Lipinski definition) is 16. The predicted octanol–water partition coefficient (Wildman–Crippen LogP) is 8.40. The second-order valence-electron chi connectivity index (χ2n) is 13.0. The van der Waals surface area contributed by atoms with Crippen LogP contribution in [0.15, 0.2) is 10.8 Å². The van der Waals surface area contributed by atoms with E-state index in [1.54, 1.807) is 6.92 Å². The van der Waals surface area contributed by atoms with Crippen molar-refractivity contribution in [3.8, 4) is 44.9 Å². The van der Waals surface area contributed by atoms with Gasteiger partial charge >= 0.3 is 11.3 Å². The van der Waals surface area contributed by atoms with Gasteiger partial charge in [-0.05, 0) is 51.1 Å². The molecule has 2 aliphatic carbocycles. The number of carbonyl (C=O) groups is 2. The fourth-order valence-electron chi connectivity index (χ4n) is 5.48. The number of thiazole rings is 2. The Hall–Kier alpha value is -4.63. The molecular formula is C35H44ClF4N9O6S2. The van der Waals surface area contributed by atoms with Gasteiger partial charge in [0.05, 0.1) is 14.2 Å². The fourth-order valence-corrected chi connectivity index (χ4v) is 6.94. The maximum Gasteiger partial charge on any atom is 0.313 e. The standard InChI is InChI=1S/C18H22F2N4O3S.C15H18F2N4O2S.C2H4ClNO/c1-4-12(25)27-13-14(22-11-5-7-18(19,20)8-6-11)23-15(24-16(13)26-3)17-21-10(2)9-28-17;1-8-7-24-14(18-8)12-20-11(10(22)13(21-12)23-2)19-9-3-5-15(16,17)6-4-9;1-4-2(3)5/h9,11H,4-8H2,1-3H3,(H,22,23,24);7,9,22H,3-6H2,1-2H3,(H,19,20,21);1H3,(H,4,5). The summed E-state index contributed by atoms with van der Waals surface area (Å²) in [6, 6.07) is -0.398. The molecule has 0 aliphatic heterocycles. The zero-order valence-electron chi connectivity index (χ0n) is 32.1. The molecule has 0 atom stereocenters. The van der Waals surface area contributed by atoms with Gasteiger partial charge in [-0.25, -0.2) is 37.5 Å². The molecule has 0 radical (unpaired) electrons. The average Bonchev–Trinajstić information content (AvgIpc) is 3.83. The quantitative estimate of drug-likeness (QED) is 0.0514. The van der Waals surface area contributed by atoms with Crippen molar-refractivity contribution in [3.63, 3.8) is 0 Å². The van der Waals surface area contributed by atoms with Crippen molar-refractivity contribution in [1.29, 1.82) is 0 Å². The number of nitrogens with one attached hydrogen (secondary N) is 3. The summed E-state index contributed by atoms with van der Waals surface area (Å²) in [6.07, 6.45) is 0.599. The SMILES string of the molecule is CCC(=O)Oc1c(NC2CCC(F)(F)CC2)nc(-c2nc(C)cs2)nc1OC.CNC(=O)Cl.COc1nc(-c2nc(C)cs2)nc(NC2CCC(F)(F)CC2)c1O. The smallest absolute Gasteiger partial charge is 0.313 e. The Morgan fingerprint density at radius 2 is 1.21 bits per heavy atom. The van der Waals surface area contributed by atoms with E-state index in [4.69, 9.17) is 25.8 Å². The number of anilines is 2. The van der Waals surface area contributed by atoms with Crippen molar-refractivity contribution in [3.05, 3.63) is 22.1 Å². The third-order valence-corrected chi connectivity index (χ3v) is 10.6. The number of aromatic hydroxyl groups is 1. The van der Waals surface area contributed by atoms with E-state index in [2.05, 4.69) is 45.9 Å². The van der Waals surface area contributed by atoms with Gasteiger partial charge in [0.1, 0.15) is 0 Å². The van der Waals surface area contributed by atoms with Crippen molar-refractivity contribution in [2.24, 2.45) is 0 Å². The van der Waals surface area contributed by atoms with Crippen LogP contribution in [0.25, 0.3) is 21.7 Å². The van der Waals surface area contributed by atoms with E-state index < -0.39 is 23.2 Å². The van der Waals surface area contributed by atoms with Gasteiger partial charge in [0, 0.05) is 73.4 Å². The minimum Gasteiger partial charge on any atom is -0.501 e. The first-order valence-corrected chi connectivity index (χ1v) is 19.9. The summed E-state index contributed by atoms with van der Waals surface area (Å²) < 4.78 is 69.3. The first kappa shape index (κ1) is 45.1. The molecule has 4 N–H and O–H groups in total. The molecule has 4 heterocycles. The predicted molar refractivity (Wildman–Crippen MR) is 208 cm³/mol. The van der Waals surface area contributed by atoms with Crippen LogP contribution in [0.5, 0.6) is 23.3 Å². The van der Waals surface area contributed by atoms with Crippen LogP contribution in [0.4, 0.5) is 34.0 Å². The fraction of sp³-hybridized carbons (Fsp3) is 0.543. The Bertz CT molecular complexity index is 1970. The van der Waals surface area contributed by atoms with Crippen LogP contribution in [0.1, 0.15) is 76.1 Å². The number of rotatable bonds is 10. The van der Waals surface area contributed by atoms with E-state index in [1.807, 2.05) is 24.6 Å². The molecule has 2 aliphatic rings. The van der Waals surface area contributed by atoms with E-state index >= 15 is 0 Å². The highest BCUT2D eigenvalue weighted by molar-refractivity contribution is 7.13. The highest BCUT2D eigenvalue weighted by Crippen LogP contribution is 2.40. The topological polar surface area (TPSA) is 195 Å². The number of methoxy groups -OCH3 is 2. The normalized spacial score (nSPS) is 16.2. The number of carbonyl (C=O) groups excluding carboxylic acids is 2. The molecule has 6 rings (SSSR count). The van der Waals surface area contributed by atoms with Crippen LogP contribution in [-0.4, -0.2) is 91.5 Å². The zero-order valence-corrected chi connectivity index (χ0v) is 34.4. The van der Waals surface area contributed by atoms with Crippen molar-refractivity contribution in [2.75, 3.05) is 31.9 Å². The number of alkyl halides is 4.